The van der Waals surface area contributed by atoms with Crippen LogP contribution >= 0.6 is 11.8 Å². The van der Waals surface area contributed by atoms with E-state index in [0.29, 0.717) is 12.2 Å². The first-order chi connectivity index (χ1) is 10.3. The van der Waals surface area contributed by atoms with E-state index in [9.17, 15) is 4.79 Å². The fourth-order valence-electron chi connectivity index (χ4n) is 2.14. The van der Waals surface area contributed by atoms with Crippen LogP contribution in [0.25, 0.3) is 10.9 Å². The zero-order chi connectivity index (χ0) is 14.5. The Balaban J connectivity index is 1.52. The number of aromatic amines is 1. The molecule has 0 bridgehead atoms. The molecule has 0 radical (unpaired) electrons. The molecule has 0 atom stereocenters. The number of amides is 1. The molecule has 2 aromatic carbocycles. The number of aromatic nitrogens is 1. The maximum absolute atomic E-state index is 12.1. The topological polar surface area (TPSA) is 44.9 Å². The molecule has 21 heavy (non-hydrogen) atoms. The Labute approximate surface area is 127 Å². The minimum absolute atomic E-state index is 0.0557. The molecule has 0 unspecified atom stereocenters. The van der Waals surface area contributed by atoms with Crippen LogP contribution in [0.2, 0.25) is 0 Å². The maximum Gasteiger partial charge on any atom is 0.267 e. The molecular weight excluding hydrogens is 280 g/mol. The number of hydrogen-bond donors (Lipinski definition) is 2. The summed E-state index contributed by atoms with van der Waals surface area (Å²) < 4.78 is 0. The number of para-hydroxylation sites is 1. The molecule has 3 nitrogen and oxygen atoms in total. The molecule has 0 aliphatic rings. The molecule has 0 saturated heterocycles. The van der Waals surface area contributed by atoms with Crippen molar-refractivity contribution in [2.75, 3.05) is 12.3 Å². The Morgan fingerprint density at radius 1 is 1.05 bits per heavy atom. The van der Waals surface area contributed by atoms with Crippen molar-refractivity contribution in [3.8, 4) is 0 Å². The van der Waals surface area contributed by atoms with Gasteiger partial charge in [0.05, 0.1) is 0 Å². The molecule has 0 fully saturated rings. The highest BCUT2D eigenvalue weighted by atomic mass is 32.2. The molecule has 2 N–H and O–H groups in total. The van der Waals surface area contributed by atoms with E-state index in [2.05, 4.69) is 22.4 Å². The second-order valence-electron chi connectivity index (χ2n) is 4.69. The van der Waals surface area contributed by atoms with E-state index in [1.165, 1.54) is 4.90 Å². The smallest absolute Gasteiger partial charge is 0.267 e. The van der Waals surface area contributed by atoms with E-state index in [-0.39, 0.29) is 5.91 Å². The quantitative estimate of drug-likeness (QED) is 0.557. The average Bonchev–Trinajstić information content (AvgIpc) is 2.96. The van der Waals surface area contributed by atoms with Crippen LogP contribution in [0, 0.1) is 0 Å². The van der Waals surface area contributed by atoms with E-state index >= 15 is 0 Å². The van der Waals surface area contributed by atoms with Crippen LogP contribution < -0.4 is 5.32 Å². The predicted octanol–water partition coefficient (Wildman–Crippen LogP) is 3.69. The highest BCUT2D eigenvalue weighted by molar-refractivity contribution is 7.99. The fourth-order valence-corrected chi connectivity index (χ4v) is 2.93. The molecule has 3 aromatic rings. The van der Waals surface area contributed by atoms with Crippen molar-refractivity contribution in [1.82, 2.24) is 10.3 Å². The molecule has 0 saturated carbocycles. The molecule has 0 aliphatic carbocycles. The van der Waals surface area contributed by atoms with Crippen LogP contribution in [0.5, 0.6) is 0 Å². The molecule has 4 heteroatoms. The van der Waals surface area contributed by atoms with E-state index in [1.807, 2.05) is 48.5 Å². The van der Waals surface area contributed by atoms with Gasteiger partial charge >= 0.3 is 0 Å². The van der Waals surface area contributed by atoms with E-state index < -0.39 is 0 Å². The van der Waals surface area contributed by atoms with E-state index in [0.717, 1.165) is 16.7 Å². The lowest BCUT2D eigenvalue weighted by Crippen LogP contribution is -2.25. The number of H-pyrrole nitrogens is 1. The van der Waals surface area contributed by atoms with E-state index in [1.54, 1.807) is 11.8 Å². The van der Waals surface area contributed by atoms with Crippen molar-refractivity contribution in [3.63, 3.8) is 0 Å². The molecular formula is C17H16N2OS. The van der Waals surface area contributed by atoms with Crippen molar-refractivity contribution in [1.29, 1.82) is 0 Å². The van der Waals surface area contributed by atoms with Crippen molar-refractivity contribution in [2.24, 2.45) is 0 Å². The lowest BCUT2D eigenvalue weighted by atomic mass is 10.2. The van der Waals surface area contributed by atoms with Crippen molar-refractivity contribution in [2.45, 2.75) is 4.90 Å². The van der Waals surface area contributed by atoms with Crippen molar-refractivity contribution < 1.29 is 4.79 Å². The number of nitrogens with one attached hydrogen (secondary N) is 2. The lowest BCUT2D eigenvalue weighted by Gasteiger charge is -2.03. The fraction of sp³-hybridized carbons (Fsp3) is 0.118. The Bertz CT molecular complexity index is 704. The van der Waals surface area contributed by atoms with Gasteiger partial charge in [0.2, 0.25) is 0 Å². The normalized spacial score (nSPS) is 10.7. The van der Waals surface area contributed by atoms with Crippen molar-refractivity contribution >= 4 is 28.6 Å². The monoisotopic (exact) mass is 296 g/mol. The van der Waals surface area contributed by atoms with Gasteiger partial charge < -0.3 is 10.3 Å². The first-order valence-electron chi connectivity index (χ1n) is 6.87. The molecule has 3 rings (SSSR count). The summed E-state index contributed by atoms with van der Waals surface area (Å²) in [5.41, 5.74) is 1.60. The third-order valence-corrected chi connectivity index (χ3v) is 4.19. The largest absolute Gasteiger partial charge is 0.351 e. The van der Waals surface area contributed by atoms with Crippen LogP contribution in [-0.2, 0) is 0 Å². The third-order valence-electron chi connectivity index (χ3n) is 3.17. The summed E-state index contributed by atoms with van der Waals surface area (Å²) >= 11 is 1.74. The van der Waals surface area contributed by atoms with Gasteiger partial charge in [-0.15, -0.1) is 11.8 Å². The van der Waals surface area contributed by atoms with E-state index in [4.69, 9.17) is 0 Å². The molecule has 1 amide bonds. The van der Waals surface area contributed by atoms with Gasteiger partial charge in [-0.2, -0.15) is 0 Å². The van der Waals surface area contributed by atoms with Crippen LogP contribution in [0.4, 0.5) is 0 Å². The Kier molecular flexibility index (Phi) is 4.26. The Hall–Kier alpha value is -2.20. The van der Waals surface area contributed by atoms with Crippen LogP contribution in [-0.4, -0.2) is 23.2 Å². The van der Waals surface area contributed by atoms with Gasteiger partial charge in [0.1, 0.15) is 5.69 Å². The standard InChI is InChI=1S/C17H16N2OS/c20-17(16-12-13-6-4-5-9-15(13)19-16)18-10-11-21-14-7-2-1-3-8-14/h1-9,12,19H,10-11H2,(H,18,20). The molecule has 1 heterocycles. The summed E-state index contributed by atoms with van der Waals surface area (Å²) in [6, 6.07) is 20.0. The van der Waals surface area contributed by atoms with Crippen LogP contribution in [0.15, 0.2) is 65.6 Å². The maximum atomic E-state index is 12.1. The van der Waals surface area contributed by atoms with Crippen LogP contribution in [0.1, 0.15) is 10.5 Å². The van der Waals surface area contributed by atoms with Gasteiger partial charge in [0.15, 0.2) is 0 Å². The highest BCUT2D eigenvalue weighted by Gasteiger charge is 2.08. The number of thioether (sulfide) groups is 1. The molecule has 0 aliphatic heterocycles. The minimum Gasteiger partial charge on any atom is -0.351 e. The lowest BCUT2D eigenvalue weighted by molar-refractivity contribution is 0.0952. The summed E-state index contributed by atoms with van der Waals surface area (Å²) in [5.74, 6) is 0.801. The number of benzene rings is 2. The Morgan fingerprint density at radius 2 is 1.81 bits per heavy atom. The van der Waals surface area contributed by atoms with Gasteiger partial charge in [-0.05, 0) is 24.3 Å². The second-order valence-corrected chi connectivity index (χ2v) is 5.86. The molecule has 1 aromatic heterocycles. The number of carbonyl (C=O) groups excluding carboxylic acids is 1. The third kappa shape index (κ3) is 3.47. The summed E-state index contributed by atoms with van der Waals surface area (Å²) in [4.78, 5) is 16.4. The summed E-state index contributed by atoms with van der Waals surface area (Å²) in [6.45, 7) is 0.647. The SMILES string of the molecule is O=C(NCCSc1ccccc1)c1cc2ccccc2[nH]1. The zero-order valence-corrected chi connectivity index (χ0v) is 12.3. The summed E-state index contributed by atoms with van der Waals surface area (Å²) in [7, 11) is 0. The first-order valence-corrected chi connectivity index (χ1v) is 7.85. The highest BCUT2D eigenvalue weighted by Crippen LogP contribution is 2.16. The number of rotatable bonds is 5. The van der Waals surface area contributed by atoms with Gasteiger partial charge in [-0.1, -0.05) is 36.4 Å². The first kappa shape index (κ1) is 13.8. The molecule has 106 valence electrons. The van der Waals surface area contributed by atoms with Gasteiger partial charge in [0.25, 0.3) is 5.91 Å². The Morgan fingerprint density at radius 3 is 2.62 bits per heavy atom. The zero-order valence-electron chi connectivity index (χ0n) is 11.5. The van der Waals surface area contributed by atoms with Crippen molar-refractivity contribution in [3.05, 3.63) is 66.4 Å². The summed E-state index contributed by atoms with van der Waals surface area (Å²) in [5, 5.41) is 4.00. The molecule has 0 spiro atoms. The van der Waals surface area contributed by atoms with Gasteiger partial charge in [0, 0.05) is 28.1 Å². The average molecular weight is 296 g/mol. The second kappa shape index (κ2) is 6.50. The van der Waals surface area contributed by atoms with Gasteiger partial charge in [-0.3, -0.25) is 4.79 Å². The predicted molar refractivity (Wildman–Crippen MR) is 87.8 cm³/mol. The number of carbonyl (C=O) groups is 1. The van der Waals surface area contributed by atoms with Crippen LogP contribution in [0.3, 0.4) is 0 Å². The van der Waals surface area contributed by atoms with Gasteiger partial charge in [-0.25, -0.2) is 0 Å². The minimum atomic E-state index is -0.0557. The number of hydrogen-bond acceptors (Lipinski definition) is 2. The number of fused-ring (bicyclic) bond motifs is 1. The summed E-state index contributed by atoms with van der Waals surface area (Å²) in [6.07, 6.45) is 0.